The highest BCUT2D eigenvalue weighted by Gasteiger charge is 2.21. The van der Waals surface area contributed by atoms with Crippen LogP contribution in [-0.4, -0.2) is 21.2 Å². The third-order valence-electron chi connectivity index (χ3n) is 4.44. The monoisotopic (exact) mass is 371 g/mol. The Labute approximate surface area is 161 Å². The number of para-hydroxylation sites is 1. The summed E-state index contributed by atoms with van der Waals surface area (Å²) >= 11 is 0. The molecule has 2 N–H and O–H groups in total. The van der Waals surface area contributed by atoms with E-state index in [2.05, 4.69) is 4.98 Å². The van der Waals surface area contributed by atoms with Gasteiger partial charge in [0.15, 0.2) is 5.75 Å². The molecule has 138 valence electrons. The number of aryl methyl sites for hydroxylation is 1. The van der Waals surface area contributed by atoms with E-state index in [-0.39, 0.29) is 17.0 Å². The molecule has 1 aromatic heterocycles. The first-order valence-electron chi connectivity index (χ1n) is 8.73. The van der Waals surface area contributed by atoms with Crippen LogP contribution in [0, 0.1) is 6.92 Å². The summed E-state index contributed by atoms with van der Waals surface area (Å²) < 4.78 is 5.77. The third kappa shape index (κ3) is 3.25. The van der Waals surface area contributed by atoms with Crippen molar-refractivity contribution >= 4 is 16.9 Å². The topological polar surface area (TPSA) is 79.7 Å². The highest BCUT2D eigenvalue weighted by Crippen LogP contribution is 2.36. The Morgan fingerprint density at radius 2 is 1.61 bits per heavy atom. The van der Waals surface area contributed by atoms with E-state index in [1.807, 2.05) is 43.3 Å². The van der Waals surface area contributed by atoms with Gasteiger partial charge in [-0.25, -0.2) is 9.78 Å². The Morgan fingerprint density at radius 1 is 0.929 bits per heavy atom. The molecule has 0 unspecified atom stereocenters. The number of pyridine rings is 1. The number of hydrogen-bond donors (Lipinski definition) is 2. The minimum absolute atomic E-state index is 0.145. The number of nitrogens with zero attached hydrogens (tertiary/aromatic N) is 1. The highest BCUT2D eigenvalue weighted by molar-refractivity contribution is 6.07. The van der Waals surface area contributed by atoms with E-state index in [1.54, 1.807) is 36.4 Å². The fourth-order valence-electron chi connectivity index (χ4n) is 3.09. The second-order valence-electron chi connectivity index (χ2n) is 6.45. The number of hydrogen-bond acceptors (Lipinski definition) is 4. The summed E-state index contributed by atoms with van der Waals surface area (Å²) in [6, 6.07) is 21.7. The van der Waals surface area contributed by atoms with Crippen molar-refractivity contribution in [2.75, 3.05) is 0 Å². The molecule has 1 heterocycles. The SMILES string of the molecule is Cc1ccc2nc(-c3ccc(Oc4ccccc4)cc3)c(O)c(C(=O)O)c2c1. The zero-order chi connectivity index (χ0) is 19.7. The number of rotatable bonds is 4. The molecule has 0 atom stereocenters. The normalized spacial score (nSPS) is 10.8. The van der Waals surface area contributed by atoms with Gasteiger partial charge in [0.2, 0.25) is 0 Å². The van der Waals surface area contributed by atoms with Crippen LogP contribution in [0.1, 0.15) is 15.9 Å². The maximum atomic E-state index is 11.8. The zero-order valence-electron chi connectivity index (χ0n) is 15.1. The lowest BCUT2D eigenvalue weighted by Gasteiger charge is -2.12. The van der Waals surface area contributed by atoms with Crippen molar-refractivity contribution in [3.63, 3.8) is 0 Å². The Morgan fingerprint density at radius 3 is 2.29 bits per heavy atom. The van der Waals surface area contributed by atoms with Crippen LogP contribution in [-0.2, 0) is 0 Å². The van der Waals surface area contributed by atoms with Gasteiger partial charge >= 0.3 is 5.97 Å². The van der Waals surface area contributed by atoms with E-state index in [1.165, 1.54) is 0 Å². The summed E-state index contributed by atoms with van der Waals surface area (Å²) in [6.07, 6.45) is 0. The maximum Gasteiger partial charge on any atom is 0.340 e. The number of aromatic nitrogens is 1. The van der Waals surface area contributed by atoms with Crippen molar-refractivity contribution in [3.05, 3.63) is 83.9 Å². The Kier molecular flexibility index (Phi) is 4.41. The summed E-state index contributed by atoms with van der Waals surface area (Å²) in [6.45, 7) is 1.86. The molecule has 5 heteroatoms. The van der Waals surface area contributed by atoms with Gasteiger partial charge in [-0.1, -0.05) is 29.8 Å². The van der Waals surface area contributed by atoms with Crippen molar-refractivity contribution in [1.82, 2.24) is 4.98 Å². The molecule has 0 aliphatic carbocycles. The molecule has 0 saturated heterocycles. The predicted molar refractivity (Wildman–Crippen MR) is 107 cm³/mol. The number of ether oxygens (including phenoxy) is 1. The highest BCUT2D eigenvalue weighted by atomic mass is 16.5. The van der Waals surface area contributed by atoms with Crippen LogP contribution >= 0.6 is 0 Å². The van der Waals surface area contributed by atoms with Crippen LogP contribution < -0.4 is 4.74 Å². The van der Waals surface area contributed by atoms with E-state index < -0.39 is 5.97 Å². The summed E-state index contributed by atoms with van der Waals surface area (Å²) in [7, 11) is 0. The van der Waals surface area contributed by atoms with E-state index in [9.17, 15) is 15.0 Å². The van der Waals surface area contributed by atoms with Gasteiger partial charge in [0, 0.05) is 10.9 Å². The first-order chi connectivity index (χ1) is 13.5. The molecule has 0 aliphatic rings. The average molecular weight is 371 g/mol. The molecular formula is C23H17NO4. The molecule has 3 aromatic carbocycles. The van der Waals surface area contributed by atoms with Crippen molar-refractivity contribution < 1.29 is 19.7 Å². The van der Waals surface area contributed by atoms with Gasteiger partial charge in [-0.15, -0.1) is 0 Å². The van der Waals surface area contributed by atoms with Crippen LogP contribution in [0.2, 0.25) is 0 Å². The van der Waals surface area contributed by atoms with Gasteiger partial charge in [0.05, 0.1) is 5.52 Å². The van der Waals surface area contributed by atoms with E-state index in [0.717, 1.165) is 5.56 Å². The molecule has 0 radical (unpaired) electrons. The van der Waals surface area contributed by atoms with Gasteiger partial charge < -0.3 is 14.9 Å². The quantitative estimate of drug-likeness (QED) is 0.502. The number of carbonyl (C=O) groups is 1. The minimum atomic E-state index is -1.19. The van der Waals surface area contributed by atoms with Gasteiger partial charge in [0.25, 0.3) is 0 Å². The smallest absolute Gasteiger partial charge is 0.340 e. The molecule has 4 aromatic rings. The van der Waals surface area contributed by atoms with Crippen molar-refractivity contribution in [1.29, 1.82) is 0 Å². The number of carboxylic acid groups (broad SMARTS) is 1. The fraction of sp³-hybridized carbons (Fsp3) is 0.0435. The van der Waals surface area contributed by atoms with Crippen LogP contribution in [0.25, 0.3) is 22.2 Å². The summed E-state index contributed by atoms with van der Waals surface area (Å²) in [4.78, 5) is 16.3. The first kappa shape index (κ1) is 17.5. The van der Waals surface area contributed by atoms with Gasteiger partial charge in [-0.2, -0.15) is 0 Å². The summed E-state index contributed by atoms with van der Waals surface area (Å²) in [5.74, 6) is -0.196. The van der Waals surface area contributed by atoms with E-state index in [0.29, 0.717) is 28.0 Å². The second kappa shape index (κ2) is 7.04. The number of aromatic carboxylic acids is 1. The Balaban J connectivity index is 1.77. The van der Waals surface area contributed by atoms with Crippen molar-refractivity contribution in [3.8, 4) is 28.5 Å². The number of benzene rings is 3. The standard InChI is InChI=1S/C23H17NO4/c1-14-7-12-19-18(13-14)20(23(26)27)22(25)21(24-19)15-8-10-17(11-9-15)28-16-5-3-2-4-6-16/h2-13,25H,1H3,(H,26,27). The second-order valence-corrected chi connectivity index (χ2v) is 6.45. The molecule has 0 aliphatic heterocycles. The van der Waals surface area contributed by atoms with E-state index >= 15 is 0 Å². The predicted octanol–water partition coefficient (Wildman–Crippen LogP) is 5.41. The Bertz CT molecular complexity index is 1170. The molecular weight excluding hydrogens is 354 g/mol. The van der Waals surface area contributed by atoms with Gasteiger partial charge in [-0.3, -0.25) is 0 Å². The third-order valence-corrected chi connectivity index (χ3v) is 4.44. The zero-order valence-corrected chi connectivity index (χ0v) is 15.1. The summed E-state index contributed by atoms with van der Waals surface area (Å²) in [5, 5.41) is 20.7. The molecule has 0 saturated carbocycles. The molecule has 0 fully saturated rings. The van der Waals surface area contributed by atoms with Gasteiger partial charge in [-0.05, 0) is 55.5 Å². The Hall–Kier alpha value is -3.86. The lowest BCUT2D eigenvalue weighted by atomic mass is 10.0. The lowest BCUT2D eigenvalue weighted by molar-refractivity contribution is 0.0696. The fourth-order valence-corrected chi connectivity index (χ4v) is 3.09. The first-order valence-corrected chi connectivity index (χ1v) is 8.73. The lowest BCUT2D eigenvalue weighted by Crippen LogP contribution is -2.02. The number of fused-ring (bicyclic) bond motifs is 1. The average Bonchev–Trinajstić information content (AvgIpc) is 2.69. The largest absolute Gasteiger partial charge is 0.505 e. The van der Waals surface area contributed by atoms with Crippen molar-refractivity contribution in [2.24, 2.45) is 0 Å². The van der Waals surface area contributed by atoms with E-state index in [4.69, 9.17) is 4.74 Å². The van der Waals surface area contributed by atoms with Crippen LogP contribution in [0.5, 0.6) is 17.2 Å². The molecule has 28 heavy (non-hydrogen) atoms. The number of aromatic hydroxyl groups is 1. The summed E-state index contributed by atoms with van der Waals surface area (Å²) in [5.41, 5.74) is 2.09. The minimum Gasteiger partial charge on any atom is -0.505 e. The molecule has 5 nitrogen and oxygen atoms in total. The molecule has 0 spiro atoms. The molecule has 4 rings (SSSR count). The number of carboxylic acids is 1. The van der Waals surface area contributed by atoms with Crippen LogP contribution in [0.4, 0.5) is 0 Å². The van der Waals surface area contributed by atoms with Crippen molar-refractivity contribution in [2.45, 2.75) is 6.92 Å². The van der Waals surface area contributed by atoms with Gasteiger partial charge in [0.1, 0.15) is 22.8 Å². The maximum absolute atomic E-state index is 11.8. The molecule has 0 amide bonds. The van der Waals surface area contributed by atoms with Crippen LogP contribution in [0.3, 0.4) is 0 Å². The van der Waals surface area contributed by atoms with Crippen LogP contribution in [0.15, 0.2) is 72.8 Å². The molecule has 0 bridgehead atoms.